The molecule has 0 N–H and O–H groups in total. The summed E-state index contributed by atoms with van der Waals surface area (Å²) in [5.41, 5.74) is 3.94. The predicted molar refractivity (Wildman–Crippen MR) is 182 cm³/mol. The third-order valence-corrected chi connectivity index (χ3v) is 8.98. The molecule has 0 saturated heterocycles. The Morgan fingerprint density at radius 3 is 1.98 bits per heavy atom. The molecule has 6 aromatic carbocycles. The van der Waals surface area contributed by atoms with Crippen LogP contribution in [-0.2, 0) is 0 Å². The van der Waals surface area contributed by atoms with Gasteiger partial charge in [-0.1, -0.05) is 121 Å². The standard InChI is InChI=1S/C39H23N3OS/c1-3-12-24(13-4-1)26-17-9-18-28-34-29(19-10-21-31(34)43-36(26)28)38-40-37(25-14-5-2-6-15-25)41-39(42-38)30-20-11-23-33-35(30)27-16-7-8-22-32(27)44-33/h1-23H/i1D,3D,4D,12D,13D. The summed E-state index contributed by atoms with van der Waals surface area (Å²) in [5.74, 6) is 1.53. The molecule has 0 aliphatic rings. The van der Waals surface area contributed by atoms with Gasteiger partial charge in [0.25, 0.3) is 0 Å². The van der Waals surface area contributed by atoms with Crippen LogP contribution >= 0.6 is 11.3 Å². The fourth-order valence-corrected chi connectivity index (χ4v) is 7.04. The van der Waals surface area contributed by atoms with Gasteiger partial charge < -0.3 is 4.42 Å². The summed E-state index contributed by atoms with van der Waals surface area (Å²) in [4.78, 5) is 15.2. The molecule has 9 aromatic rings. The summed E-state index contributed by atoms with van der Waals surface area (Å²) in [5, 5.41) is 3.70. The van der Waals surface area contributed by atoms with Crippen molar-refractivity contribution in [2.45, 2.75) is 0 Å². The van der Waals surface area contributed by atoms with Gasteiger partial charge in [-0.25, -0.2) is 15.0 Å². The van der Waals surface area contributed by atoms with Crippen molar-refractivity contribution in [3.63, 3.8) is 0 Å². The van der Waals surface area contributed by atoms with E-state index >= 15 is 0 Å². The Morgan fingerprint density at radius 2 is 1.14 bits per heavy atom. The van der Waals surface area contributed by atoms with Crippen molar-refractivity contribution < 1.29 is 11.3 Å². The monoisotopic (exact) mass is 586 g/mol. The Kier molecular flexibility index (Phi) is 4.60. The summed E-state index contributed by atoms with van der Waals surface area (Å²) in [6, 6.07) is 33.7. The molecule has 0 atom stereocenters. The molecule has 3 heterocycles. The summed E-state index contributed by atoms with van der Waals surface area (Å²) in [7, 11) is 0. The van der Waals surface area contributed by atoms with E-state index in [1.165, 1.54) is 4.70 Å². The number of para-hydroxylation sites is 1. The van der Waals surface area contributed by atoms with Crippen molar-refractivity contribution in [3.8, 4) is 45.3 Å². The Labute approximate surface area is 264 Å². The zero-order valence-electron chi connectivity index (χ0n) is 28.1. The Morgan fingerprint density at radius 1 is 0.500 bits per heavy atom. The Hall–Kier alpha value is -5.65. The molecule has 0 saturated carbocycles. The van der Waals surface area contributed by atoms with E-state index < -0.39 is 18.1 Å². The SMILES string of the molecule is [2H]c1c([2H])c([2H])c(-c2cccc3c2oc2cccc(-c4nc(-c5ccccc5)nc(-c5cccc6sc7ccccc7c56)n4)c23)c([2H])c1[2H]. The average molecular weight is 587 g/mol. The smallest absolute Gasteiger partial charge is 0.164 e. The van der Waals surface area contributed by atoms with Gasteiger partial charge in [0.15, 0.2) is 17.5 Å². The quantitative estimate of drug-likeness (QED) is 0.206. The minimum absolute atomic E-state index is 0.0853. The number of thiophene rings is 1. The van der Waals surface area contributed by atoms with E-state index in [0.717, 1.165) is 37.5 Å². The minimum atomic E-state index is -0.441. The van der Waals surface area contributed by atoms with E-state index in [-0.39, 0.29) is 17.6 Å². The lowest BCUT2D eigenvalue weighted by Crippen LogP contribution is -2.00. The van der Waals surface area contributed by atoms with E-state index in [1.54, 1.807) is 23.5 Å². The van der Waals surface area contributed by atoms with E-state index in [2.05, 4.69) is 24.3 Å². The number of benzene rings is 6. The van der Waals surface area contributed by atoms with Crippen LogP contribution in [0.4, 0.5) is 0 Å². The van der Waals surface area contributed by atoms with Crippen LogP contribution in [0.2, 0.25) is 0 Å². The van der Waals surface area contributed by atoms with Gasteiger partial charge in [0, 0.05) is 53.2 Å². The number of aromatic nitrogens is 3. The molecule has 44 heavy (non-hydrogen) atoms. The Bertz CT molecular complexity index is 2770. The highest BCUT2D eigenvalue weighted by Gasteiger charge is 2.20. The van der Waals surface area contributed by atoms with Crippen LogP contribution in [0.25, 0.3) is 87.4 Å². The number of fused-ring (bicyclic) bond motifs is 6. The first-order valence-corrected chi connectivity index (χ1v) is 14.9. The number of hydrogen-bond donors (Lipinski definition) is 0. The normalized spacial score (nSPS) is 13.2. The molecule has 9 rings (SSSR count). The first kappa shape index (κ1) is 20.3. The number of rotatable bonds is 4. The van der Waals surface area contributed by atoms with Crippen molar-refractivity contribution >= 4 is 53.4 Å². The molecule has 206 valence electrons. The van der Waals surface area contributed by atoms with Crippen molar-refractivity contribution in [3.05, 3.63) is 139 Å². The molecule has 0 amide bonds. The maximum atomic E-state index is 8.63. The molecule has 0 aliphatic heterocycles. The van der Waals surface area contributed by atoms with Gasteiger partial charge in [0.2, 0.25) is 0 Å². The van der Waals surface area contributed by atoms with Crippen LogP contribution in [0.15, 0.2) is 144 Å². The van der Waals surface area contributed by atoms with Gasteiger partial charge in [-0.2, -0.15) is 0 Å². The number of hydrogen-bond acceptors (Lipinski definition) is 5. The van der Waals surface area contributed by atoms with E-state index in [0.29, 0.717) is 39.6 Å². The lowest BCUT2D eigenvalue weighted by atomic mass is 10.0. The lowest BCUT2D eigenvalue weighted by molar-refractivity contribution is 0.670. The van der Waals surface area contributed by atoms with Crippen LogP contribution in [-0.4, -0.2) is 15.0 Å². The van der Waals surface area contributed by atoms with E-state index in [4.69, 9.17) is 26.2 Å². The third-order valence-electron chi connectivity index (χ3n) is 7.84. The van der Waals surface area contributed by atoms with Gasteiger partial charge in [0.05, 0.1) is 6.85 Å². The van der Waals surface area contributed by atoms with Crippen LogP contribution in [0, 0.1) is 0 Å². The summed E-state index contributed by atoms with van der Waals surface area (Å²) in [6.07, 6.45) is 0. The van der Waals surface area contributed by atoms with Crippen LogP contribution in [0.5, 0.6) is 0 Å². The third kappa shape index (κ3) is 3.94. The molecule has 0 spiro atoms. The highest BCUT2D eigenvalue weighted by Crippen LogP contribution is 2.42. The van der Waals surface area contributed by atoms with E-state index in [9.17, 15) is 0 Å². The molecule has 0 fully saturated rings. The summed E-state index contributed by atoms with van der Waals surface area (Å²) >= 11 is 1.74. The first-order chi connectivity index (χ1) is 23.9. The van der Waals surface area contributed by atoms with Gasteiger partial charge >= 0.3 is 0 Å². The molecule has 0 radical (unpaired) electrons. The lowest BCUT2D eigenvalue weighted by Gasteiger charge is -2.10. The largest absolute Gasteiger partial charge is 0.455 e. The van der Waals surface area contributed by atoms with Crippen LogP contribution in [0.1, 0.15) is 6.85 Å². The second-order valence-electron chi connectivity index (χ2n) is 10.4. The molecule has 0 unspecified atom stereocenters. The summed E-state index contributed by atoms with van der Waals surface area (Å²) < 4.78 is 50.6. The second-order valence-corrected chi connectivity index (χ2v) is 11.5. The number of nitrogens with zero attached hydrogens (tertiary/aromatic N) is 3. The van der Waals surface area contributed by atoms with Crippen molar-refractivity contribution in [2.24, 2.45) is 0 Å². The fraction of sp³-hybridized carbons (Fsp3) is 0. The van der Waals surface area contributed by atoms with Gasteiger partial charge in [-0.05, 0) is 23.8 Å². The highest BCUT2D eigenvalue weighted by molar-refractivity contribution is 7.25. The maximum absolute atomic E-state index is 8.63. The predicted octanol–water partition coefficient (Wildman–Crippen LogP) is 10.8. The van der Waals surface area contributed by atoms with Crippen molar-refractivity contribution in [1.82, 2.24) is 15.0 Å². The molecule has 0 bridgehead atoms. The van der Waals surface area contributed by atoms with Gasteiger partial charge in [-0.3, -0.25) is 0 Å². The minimum Gasteiger partial charge on any atom is -0.455 e. The second kappa shape index (κ2) is 9.97. The summed E-state index contributed by atoms with van der Waals surface area (Å²) in [6.45, 7) is 0. The van der Waals surface area contributed by atoms with Gasteiger partial charge in [-0.15, -0.1) is 11.3 Å². The molecular weight excluding hydrogens is 559 g/mol. The average Bonchev–Trinajstić information content (AvgIpc) is 3.72. The molecular formula is C39H23N3OS. The van der Waals surface area contributed by atoms with Crippen molar-refractivity contribution in [1.29, 1.82) is 0 Å². The first-order valence-electron chi connectivity index (χ1n) is 16.6. The highest BCUT2D eigenvalue weighted by atomic mass is 32.1. The fourth-order valence-electron chi connectivity index (χ4n) is 5.91. The zero-order chi connectivity index (χ0) is 33.4. The topological polar surface area (TPSA) is 51.8 Å². The molecule has 4 nitrogen and oxygen atoms in total. The molecule has 3 aromatic heterocycles. The molecule has 0 aliphatic carbocycles. The van der Waals surface area contributed by atoms with Crippen LogP contribution in [0.3, 0.4) is 0 Å². The number of furan rings is 1. The molecule has 5 heteroatoms. The van der Waals surface area contributed by atoms with E-state index in [1.807, 2.05) is 72.8 Å². The zero-order valence-corrected chi connectivity index (χ0v) is 23.9. The van der Waals surface area contributed by atoms with Crippen molar-refractivity contribution in [2.75, 3.05) is 0 Å². The Balaban J connectivity index is 1.33. The maximum Gasteiger partial charge on any atom is 0.164 e. The van der Waals surface area contributed by atoms with Crippen LogP contribution < -0.4 is 0 Å². The van der Waals surface area contributed by atoms with Gasteiger partial charge in [0.1, 0.15) is 11.2 Å².